The van der Waals surface area contributed by atoms with E-state index in [1.165, 1.54) is 23.5 Å². The monoisotopic (exact) mass is 205 g/mol. The van der Waals surface area contributed by atoms with Crippen LogP contribution in [0, 0.1) is 0 Å². The Hall–Kier alpha value is -0.550. The first-order valence-electron chi connectivity index (χ1n) is 3.37. The first-order valence-corrected chi connectivity index (χ1v) is 5.06. The van der Waals surface area contributed by atoms with Crippen molar-refractivity contribution in [2.75, 3.05) is 12.9 Å². The van der Waals surface area contributed by atoms with E-state index in [2.05, 4.69) is 17.5 Å². The van der Waals surface area contributed by atoms with Crippen molar-refractivity contribution in [3.8, 4) is 0 Å². The summed E-state index contributed by atoms with van der Waals surface area (Å²) < 4.78 is 4.78. The predicted octanol–water partition coefficient (Wildman–Crippen LogP) is 1.30. The third-order valence-corrected chi connectivity index (χ3v) is 1.84. The Morgan fingerprint density at radius 2 is 2.42 bits per heavy atom. The molecule has 0 rings (SSSR count). The van der Waals surface area contributed by atoms with Crippen LogP contribution in [0.4, 0.5) is 0 Å². The molecule has 0 unspecified atom stereocenters. The van der Waals surface area contributed by atoms with E-state index in [4.69, 9.17) is 4.74 Å². The van der Waals surface area contributed by atoms with Crippen molar-refractivity contribution in [1.29, 1.82) is 0 Å². The molecule has 0 aromatic carbocycles. The molecule has 0 aliphatic carbocycles. The number of carbonyl (C=O) groups excluding carboxylic acids is 1. The van der Waals surface area contributed by atoms with E-state index in [0.717, 1.165) is 0 Å². The first kappa shape index (κ1) is 11.4. The van der Waals surface area contributed by atoms with Gasteiger partial charge in [-0.05, 0) is 13.2 Å². The Labute approximate surface area is 81.5 Å². The lowest BCUT2D eigenvalue weighted by Crippen LogP contribution is -2.09. The van der Waals surface area contributed by atoms with Crippen molar-refractivity contribution >= 4 is 35.4 Å². The molecule has 68 valence electrons. The molecule has 0 saturated carbocycles. The topological polar surface area (TPSA) is 38.3 Å². The van der Waals surface area contributed by atoms with Gasteiger partial charge in [0.25, 0.3) is 0 Å². The van der Waals surface area contributed by atoms with Crippen LogP contribution in [0.1, 0.15) is 6.92 Å². The van der Waals surface area contributed by atoms with Gasteiger partial charge in [-0.15, -0.1) is 11.8 Å². The normalized spacial score (nSPS) is 10.7. The molecule has 0 aromatic rings. The van der Waals surface area contributed by atoms with E-state index in [9.17, 15) is 4.79 Å². The molecular weight excluding hydrogens is 194 g/mol. The Morgan fingerprint density at radius 1 is 1.75 bits per heavy atom. The highest BCUT2D eigenvalue weighted by Crippen LogP contribution is 2.11. The molecule has 3 nitrogen and oxygen atoms in total. The molecule has 0 fully saturated rings. The molecule has 0 radical (unpaired) electrons. The average molecular weight is 205 g/mol. The molecule has 0 atom stereocenters. The molecule has 0 aromatic heterocycles. The zero-order valence-corrected chi connectivity index (χ0v) is 8.63. The maximum absolute atomic E-state index is 11.1. The summed E-state index contributed by atoms with van der Waals surface area (Å²) in [6.45, 7) is 2.15. The minimum Gasteiger partial charge on any atom is -0.462 e. The van der Waals surface area contributed by atoms with E-state index >= 15 is 0 Å². The third kappa shape index (κ3) is 4.35. The lowest BCUT2D eigenvalue weighted by atomic mass is 10.6. The van der Waals surface area contributed by atoms with E-state index in [0.29, 0.717) is 11.5 Å². The van der Waals surface area contributed by atoms with Crippen LogP contribution in [0.5, 0.6) is 0 Å². The molecule has 12 heavy (non-hydrogen) atoms. The van der Waals surface area contributed by atoms with Gasteiger partial charge in [-0.1, -0.05) is 12.2 Å². The molecular formula is C7H11NO2S2. The van der Waals surface area contributed by atoms with Crippen LogP contribution in [0.25, 0.3) is 0 Å². The fourth-order valence-electron chi connectivity index (χ4n) is 0.513. The molecule has 0 aliphatic rings. The van der Waals surface area contributed by atoms with Crippen LogP contribution in [-0.2, 0) is 9.53 Å². The molecule has 0 spiro atoms. The fraction of sp³-hybridized carbons (Fsp3) is 0.429. The van der Waals surface area contributed by atoms with E-state index < -0.39 is 0 Å². The van der Waals surface area contributed by atoms with Crippen molar-refractivity contribution < 1.29 is 9.53 Å². The molecule has 0 bridgehead atoms. The minimum atomic E-state index is -0.325. The quantitative estimate of drug-likeness (QED) is 0.416. The number of esters is 1. The van der Waals surface area contributed by atoms with E-state index in [1.54, 1.807) is 13.2 Å². The summed E-state index contributed by atoms with van der Waals surface area (Å²) in [6, 6.07) is 0. The van der Waals surface area contributed by atoms with E-state index in [1.807, 2.05) is 0 Å². The smallest absolute Gasteiger partial charge is 0.346 e. The minimum absolute atomic E-state index is 0.325. The van der Waals surface area contributed by atoms with Crippen LogP contribution in [-0.4, -0.2) is 24.3 Å². The number of hydrogen-bond acceptors (Lipinski definition) is 4. The molecule has 0 saturated heterocycles. The van der Waals surface area contributed by atoms with Gasteiger partial charge in [-0.3, -0.25) is 0 Å². The standard InChI is InChI=1S/C7H11NO2S2/c1-3-10-7(9)6(12-2)4-8-5-11/h4-5H,3H2,1-2H3,(H,8,11)/b6-4-. The summed E-state index contributed by atoms with van der Waals surface area (Å²) in [6.07, 6.45) is 3.32. The van der Waals surface area contributed by atoms with Gasteiger partial charge in [0, 0.05) is 6.20 Å². The molecule has 0 amide bonds. The van der Waals surface area contributed by atoms with Gasteiger partial charge in [0.1, 0.15) is 4.91 Å². The Bertz CT molecular complexity index is 192. The number of carbonyl (C=O) groups is 1. The van der Waals surface area contributed by atoms with Gasteiger partial charge >= 0.3 is 5.97 Å². The number of nitrogens with one attached hydrogen (secondary N) is 1. The largest absolute Gasteiger partial charge is 0.462 e. The highest BCUT2D eigenvalue weighted by Gasteiger charge is 2.07. The molecule has 0 aliphatic heterocycles. The first-order chi connectivity index (χ1) is 5.76. The van der Waals surface area contributed by atoms with E-state index in [-0.39, 0.29) is 5.97 Å². The Kier molecular flexibility index (Phi) is 6.79. The summed E-state index contributed by atoms with van der Waals surface area (Å²) in [5, 5.41) is 2.64. The fourth-order valence-corrected chi connectivity index (χ4v) is 0.993. The lowest BCUT2D eigenvalue weighted by molar-refractivity contribution is -0.137. The van der Waals surface area contributed by atoms with Crippen molar-refractivity contribution in [2.24, 2.45) is 0 Å². The number of ether oxygens (including phenoxy) is 1. The average Bonchev–Trinajstić information content (AvgIpc) is 2.06. The Balaban J connectivity index is 4.12. The number of thiocarbonyl (C=S) groups is 1. The second-order valence-electron chi connectivity index (χ2n) is 1.72. The molecule has 0 heterocycles. The maximum atomic E-state index is 11.1. The molecule has 1 N–H and O–H groups in total. The van der Waals surface area contributed by atoms with Gasteiger partial charge in [0.2, 0.25) is 0 Å². The lowest BCUT2D eigenvalue weighted by Gasteiger charge is -2.02. The van der Waals surface area contributed by atoms with Crippen LogP contribution >= 0.6 is 24.0 Å². The second-order valence-corrected chi connectivity index (χ2v) is 2.80. The zero-order chi connectivity index (χ0) is 9.40. The SMILES string of the molecule is CCOC(=O)/C(=C/NC=S)SC. The van der Waals surface area contributed by atoms with Crippen molar-refractivity contribution in [3.63, 3.8) is 0 Å². The van der Waals surface area contributed by atoms with Crippen LogP contribution in [0.2, 0.25) is 0 Å². The number of thioether (sulfide) groups is 1. The summed E-state index contributed by atoms with van der Waals surface area (Å²) in [5.41, 5.74) is 1.33. The van der Waals surface area contributed by atoms with Gasteiger partial charge in [-0.25, -0.2) is 4.79 Å². The van der Waals surface area contributed by atoms with Crippen LogP contribution in [0.15, 0.2) is 11.1 Å². The Morgan fingerprint density at radius 3 is 2.83 bits per heavy atom. The van der Waals surface area contributed by atoms with Gasteiger partial charge in [-0.2, -0.15) is 0 Å². The van der Waals surface area contributed by atoms with Gasteiger partial charge < -0.3 is 10.1 Å². The maximum Gasteiger partial charge on any atom is 0.346 e. The number of rotatable bonds is 5. The number of hydrogen-bond donors (Lipinski definition) is 1. The van der Waals surface area contributed by atoms with Crippen molar-refractivity contribution in [3.05, 3.63) is 11.1 Å². The molecule has 5 heteroatoms. The highest BCUT2D eigenvalue weighted by molar-refractivity contribution is 8.03. The summed E-state index contributed by atoms with van der Waals surface area (Å²) in [5.74, 6) is -0.325. The van der Waals surface area contributed by atoms with Crippen LogP contribution < -0.4 is 5.32 Å². The van der Waals surface area contributed by atoms with Crippen molar-refractivity contribution in [1.82, 2.24) is 5.32 Å². The van der Waals surface area contributed by atoms with Crippen molar-refractivity contribution in [2.45, 2.75) is 6.92 Å². The summed E-state index contributed by atoms with van der Waals surface area (Å²) in [4.78, 5) is 11.6. The van der Waals surface area contributed by atoms with Gasteiger partial charge in [0.05, 0.1) is 12.1 Å². The summed E-state index contributed by atoms with van der Waals surface area (Å²) >= 11 is 5.84. The zero-order valence-electron chi connectivity index (χ0n) is 6.99. The van der Waals surface area contributed by atoms with Gasteiger partial charge in [0.15, 0.2) is 0 Å². The summed E-state index contributed by atoms with van der Waals surface area (Å²) in [7, 11) is 0. The highest BCUT2D eigenvalue weighted by atomic mass is 32.2. The van der Waals surface area contributed by atoms with Crippen LogP contribution in [0.3, 0.4) is 0 Å². The second kappa shape index (κ2) is 7.12. The predicted molar refractivity (Wildman–Crippen MR) is 55.0 cm³/mol. The third-order valence-electron chi connectivity index (χ3n) is 0.979.